The molecule has 4 atom stereocenters. The third kappa shape index (κ3) is 6.11. The molecule has 0 saturated heterocycles. The summed E-state index contributed by atoms with van der Waals surface area (Å²) in [6, 6.07) is 7.29. The molecule has 0 bridgehead atoms. The van der Waals surface area contributed by atoms with Crippen molar-refractivity contribution in [2.75, 3.05) is 7.11 Å². The van der Waals surface area contributed by atoms with Gasteiger partial charge in [-0.1, -0.05) is 56.2 Å². The summed E-state index contributed by atoms with van der Waals surface area (Å²) in [7, 11) is 1.61. The van der Waals surface area contributed by atoms with E-state index in [-0.39, 0.29) is 17.6 Å². The van der Waals surface area contributed by atoms with Crippen molar-refractivity contribution in [3.05, 3.63) is 69.8 Å². The van der Waals surface area contributed by atoms with Gasteiger partial charge in [-0.3, -0.25) is 0 Å². The lowest BCUT2D eigenvalue weighted by Gasteiger charge is -2.60. The Kier molecular flexibility index (Phi) is 8.92. The number of allylic oxidation sites excluding steroid dienone is 4. The molecule has 0 radical (unpaired) electrons. The van der Waals surface area contributed by atoms with Gasteiger partial charge < -0.3 is 29.9 Å². The van der Waals surface area contributed by atoms with E-state index in [1.807, 2.05) is 32.1 Å². The van der Waals surface area contributed by atoms with Gasteiger partial charge in [0.15, 0.2) is 11.5 Å². The molecule has 1 aliphatic heterocycles. The Labute approximate surface area is 251 Å². The maximum absolute atomic E-state index is 11.1. The van der Waals surface area contributed by atoms with Gasteiger partial charge in [0.2, 0.25) is 0 Å². The molecule has 2 aromatic carbocycles. The first-order valence-corrected chi connectivity index (χ1v) is 14.9. The minimum Gasteiger partial charge on any atom is -0.507 e. The van der Waals surface area contributed by atoms with E-state index >= 15 is 0 Å². The SMILES string of the molecule is COc1cc(C=Cc2cc(O)c(CC=C(C)CCC=C(C)C)c(O)c2)cc2c1OC1CC(C)(O)C(O)C(C)(C)C1(C)C2. The third-order valence-electron chi connectivity index (χ3n) is 9.69. The fraction of sp³-hybridized carbons (Fsp3) is 0.500. The number of hydrogen-bond acceptors (Lipinski definition) is 6. The summed E-state index contributed by atoms with van der Waals surface area (Å²) in [5.41, 5.74) is 3.30. The summed E-state index contributed by atoms with van der Waals surface area (Å²) < 4.78 is 12.2. The van der Waals surface area contributed by atoms with E-state index < -0.39 is 22.5 Å². The van der Waals surface area contributed by atoms with Crippen LogP contribution in [-0.2, 0) is 12.8 Å². The minimum absolute atomic E-state index is 0.0624. The van der Waals surface area contributed by atoms with Gasteiger partial charge in [-0.05, 0) is 94.3 Å². The van der Waals surface area contributed by atoms with Crippen LogP contribution in [0.25, 0.3) is 12.2 Å². The second-order valence-electron chi connectivity index (χ2n) is 13.5. The fourth-order valence-electron chi connectivity index (χ4n) is 6.59. The Balaban J connectivity index is 1.57. The molecular formula is C36H48O6. The lowest BCUT2D eigenvalue weighted by atomic mass is 9.50. The Morgan fingerprint density at radius 3 is 2.19 bits per heavy atom. The van der Waals surface area contributed by atoms with Crippen LogP contribution in [0.5, 0.6) is 23.0 Å². The number of phenols is 2. The molecule has 2 aliphatic rings. The summed E-state index contributed by atoms with van der Waals surface area (Å²) in [4.78, 5) is 0. The van der Waals surface area contributed by atoms with Gasteiger partial charge >= 0.3 is 0 Å². The van der Waals surface area contributed by atoms with Crippen molar-refractivity contribution in [2.45, 2.75) is 98.4 Å². The average Bonchev–Trinajstić information content (AvgIpc) is 2.90. The van der Waals surface area contributed by atoms with Crippen LogP contribution >= 0.6 is 0 Å². The highest BCUT2D eigenvalue weighted by atomic mass is 16.5. The van der Waals surface area contributed by atoms with Crippen LogP contribution in [0.1, 0.15) is 90.0 Å². The van der Waals surface area contributed by atoms with Gasteiger partial charge in [-0.15, -0.1) is 0 Å². The predicted molar refractivity (Wildman–Crippen MR) is 169 cm³/mol. The molecule has 1 heterocycles. The number of rotatable bonds is 8. The van der Waals surface area contributed by atoms with Gasteiger partial charge in [0.05, 0.1) is 18.8 Å². The zero-order valence-electron chi connectivity index (χ0n) is 26.4. The number of phenolic OH excluding ortho intramolecular Hbond substituents is 2. The third-order valence-corrected chi connectivity index (χ3v) is 9.69. The summed E-state index contributed by atoms with van der Waals surface area (Å²) in [6.45, 7) is 14.1. The smallest absolute Gasteiger partial charge is 0.164 e. The molecule has 4 unspecified atom stereocenters. The number of fused-ring (bicyclic) bond motifs is 2. The lowest BCUT2D eigenvalue weighted by molar-refractivity contribution is -0.231. The highest BCUT2D eigenvalue weighted by Gasteiger charge is 2.63. The first kappa shape index (κ1) is 31.7. The monoisotopic (exact) mass is 576 g/mol. The van der Waals surface area contributed by atoms with E-state index in [0.717, 1.165) is 24.0 Å². The van der Waals surface area contributed by atoms with Crippen LogP contribution in [0, 0.1) is 10.8 Å². The molecule has 4 N–H and O–H groups in total. The van der Waals surface area contributed by atoms with Crippen molar-refractivity contribution in [3.63, 3.8) is 0 Å². The fourth-order valence-corrected chi connectivity index (χ4v) is 6.59. The second-order valence-corrected chi connectivity index (χ2v) is 13.5. The molecule has 1 saturated carbocycles. The maximum atomic E-state index is 11.1. The number of aromatic hydroxyl groups is 2. The van der Waals surface area contributed by atoms with Crippen LogP contribution in [0.4, 0.5) is 0 Å². The average molecular weight is 577 g/mol. The largest absolute Gasteiger partial charge is 0.507 e. The summed E-state index contributed by atoms with van der Waals surface area (Å²) in [6.07, 6.45) is 10.2. The minimum atomic E-state index is -1.26. The first-order valence-electron chi connectivity index (χ1n) is 14.9. The van der Waals surface area contributed by atoms with Crippen LogP contribution in [-0.4, -0.2) is 45.3 Å². The molecule has 0 spiro atoms. The lowest BCUT2D eigenvalue weighted by Crippen LogP contribution is -2.67. The van der Waals surface area contributed by atoms with Crippen molar-refractivity contribution < 1.29 is 29.9 Å². The molecule has 228 valence electrons. The number of aliphatic hydroxyl groups excluding tert-OH is 1. The van der Waals surface area contributed by atoms with Crippen molar-refractivity contribution in [3.8, 4) is 23.0 Å². The zero-order chi connectivity index (χ0) is 31.0. The van der Waals surface area contributed by atoms with Crippen molar-refractivity contribution >= 4 is 12.2 Å². The van der Waals surface area contributed by atoms with Gasteiger partial charge in [-0.25, -0.2) is 0 Å². The summed E-state index contributed by atoms with van der Waals surface area (Å²) in [5, 5.41) is 43.5. The molecule has 6 nitrogen and oxygen atoms in total. The molecule has 1 aliphatic carbocycles. The second kappa shape index (κ2) is 11.8. The maximum Gasteiger partial charge on any atom is 0.164 e. The van der Waals surface area contributed by atoms with Crippen LogP contribution in [0.2, 0.25) is 0 Å². The van der Waals surface area contributed by atoms with Gasteiger partial charge in [0.25, 0.3) is 0 Å². The Morgan fingerprint density at radius 2 is 1.60 bits per heavy atom. The number of methoxy groups -OCH3 is 1. The van der Waals surface area contributed by atoms with E-state index in [4.69, 9.17) is 9.47 Å². The first-order chi connectivity index (χ1) is 19.6. The number of hydrogen-bond donors (Lipinski definition) is 4. The van der Waals surface area contributed by atoms with Gasteiger partial charge in [0.1, 0.15) is 17.6 Å². The van der Waals surface area contributed by atoms with Crippen molar-refractivity contribution in [2.24, 2.45) is 10.8 Å². The molecular weight excluding hydrogens is 528 g/mol. The van der Waals surface area contributed by atoms with E-state index in [1.165, 1.54) is 11.1 Å². The molecule has 6 heteroatoms. The number of benzene rings is 2. The molecule has 42 heavy (non-hydrogen) atoms. The molecule has 4 rings (SSSR count). The van der Waals surface area contributed by atoms with Gasteiger partial charge in [0, 0.05) is 22.8 Å². The molecule has 0 amide bonds. The summed E-state index contributed by atoms with van der Waals surface area (Å²) >= 11 is 0. The zero-order valence-corrected chi connectivity index (χ0v) is 26.4. The van der Waals surface area contributed by atoms with Gasteiger partial charge in [-0.2, -0.15) is 0 Å². The van der Waals surface area contributed by atoms with Crippen molar-refractivity contribution in [1.82, 2.24) is 0 Å². The summed E-state index contributed by atoms with van der Waals surface area (Å²) in [5.74, 6) is 1.40. The standard InChI is InChI=1S/C36H48O6/c1-22(2)10-9-11-23(3)12-15-27-28(37)17-25(18-29(27)38)14-13-24-16-26-20-35(6)31(42-32(26)30(19-24)41-8)21-36(7,40)33(39)34(35,4)5/h10,12-14,16-19,31,33,37-40H,9,11,15,20-21H2,1-8H3. The highest BCUT2D eigenvalue weighted by Crippen LogP contribution is 2.59. The normalized spacial score (nSPS) is 26.8. The van der Waals surface area contributed by atoms with E-state index in [1.54, 1.807) is 26.2 Å². The topological polar surface area (TPSA) is 99.4 Å². The Bertz CT molecular complexity index is 1390. The van der Waals surface area contributed by atoms with Crippen LogP contribution in [0.3, 0.4) is 0 Å². The van der Waals surface area contributed by atoms with E-state index in [2.05, 4.69) is 45.9 Å². The Morgan fingerprint density at radius 1 is 0.976 bits per heavy atom. The Hall–Kier alpha value is -3.22. The van der Waals surface area contributed by atoms with E-state index in [0.29, 0.717) is 41.9 Å². The molecule has 1 fully saturated rings. The number of aliphatic hydroxyl groups is 2. The van der Waals surface area contributed by atoms with Crippen molar-refractivity contribution in [1.29, 1.82) is 0 Å². The quantitative estimate of drug-likeness (QED) is 0.194. The van der Waals surface area contributed by atoms with Crippen LogP contribution < -0.4 is 9.47 Å². The van der Waals surface area contributed by atoms with Crippen LogP contribution in [0.15, 0.2) is 47.6 Å². The number of ether oxygens (including phenoxy) is 2. The molecule has 2 aromatic rings. The van der Waals surface area contributed by atoms with E-state index in [9.17, 15) is 20.4 Å². The molecule has 0 aromatic heterocycles. The predicted octanol–water partition coefficient (Wildman–Crippen LogP) is 7.36. The highest BCUT2D eigenvalue weighted by molar-refractivity contribution is 5.73.